The van der Waals surface area contributed by atoms with E-state index in [1.807, 2.05) is 43.9 Å². The number of benzene rings is 2. The molecule has 0 spiro atoms. The summed E-state index contributed by atoms with van der Waals surface area (Å²) >= 11 is 0. The molecule has 2 aliphatic heterocycles. The number of nitrogens with zero attached hydrogens (tertiary/aromatic N) is 3. The molecular formula is C26H35N3O3S. The second kappa shape index (κ2) is 9.47. The Balaban J connectivity index is 1.36. The minimum Gasteiger partial charge on any atom is -0.368 e. The van der Waals surface area contributed by atoms with E-state index in [1.165, 1.54) is 11.3 Å². The molecule has 0 aliphatic carbocycles. The molecule has 2 aliphatic rings. The average Bonchev–Trinajstić information content (AvgIpc) is 2.78. The van der Waals surface area contributed by atoms with Crippen LogP contribution in [0.3, 0.4) is 0 Å². The molecule has 0 N–H and O–H groups in total. The molecule has 0 atom stereocenters. The summed E-state index contributed by atoms with van der Waals surface area (Å²) in [6.45, 7) is 11.7. The molecule has 2 saturated heterocycles. The number of piperidine rings is 1. The third-order valence-corrected chi connectivity index (χ3v) is 9.26. The van der Waals surface area contributed by atoms with Crippen molar-refractivity contribution in [3.63, 3.8) is 0 Å². The Bertz CT molecular complexity index is 1110. The van der Waals surface area contributed by atoms with Crippen molar-refractivity contribution in [1.29, 1.82) is 0 Å². The Labute approximate surface area is 198 Å². The van der Waals surface area contributed by atoms with Crippen molar-refractivity contribution in [2.75, 3.05) is 44.2 Å². The van der Waals surface area contributed by atoms with Gasteiger partial charge in [-0.25, -0.2) is 8.42 Å². The molecule has 0 unspecified atom stereocenters. The van der Waals surface area contributed by atoms with Gasteiger partial charge in [0.1, 0.15) is 0 Å². The van der Waals surface area contributed by atoms with Crippen LogP contribution in [0, 0.1) is 33.6 Å². The molecule has 4 rings (SSSR count). The predicted octanol–water partition coefficient (Wildman–Crippen LogP) is 3.67. The highest BCUT2D eigenvalue weighted by molar-refractivity contribution is 7.89. The van der Waals surface area contributed by atoms with Crippen molar-refractivity contribution in [2.45, 2.75) is 45.4 Å². The van der Waals surface area contributed by atoms with Crippen LogP contribution in [0.5, 0.6) is 0 Å². The van der Waals surface area contributed by atoms with Crippen molar-refractivity contribution in [1.82, 2.24) is 9.21 Å². The topological polar surface area (TPSA) is 60.9 Å². The predicted molar refractivity (Wildman–Crippen MR) is 132 cm³/mol. The highest BCUT2D eigenvalue weighted by Gasteiger charge is 2.35. The van der Waals surface area contributed by atoms with Crippen molar-refractivity contribution >= 4 is 21.6 Å². The Morgan fingerprint density at radius 2 is 1.39 bits per heavy atom. The van der Waals surface area contributed by atoms with E-state index in [0.717, 1.165) is 29.8 Å². The quantitative estimate of drug-likeness (QED) is 0.686. The number of anilines is 1. The lowest BCUT2D eigenvalue weighted by atomic mass is 9.96. The number of hydrogen-bond donors (Lipinski definition) is 0. The number of piperazine rings is 1. The van der Waals surface area contributed by atoms with Crippen LogP contribution >= 0.6 is 0 Å². The van der Waals surface area contributed by atoms with E-state index in [0.29, 0.717) is 43.9 Å². The summed E-state index contributed by atoms with van der Waals surface area (Å²) in [4.78, 5) is 17.9. The fourth-order valence-electron chi connectivity index (χ4n) is 5.39. The van der Waals surface area contributed by atoms with Crippen LogP contribution < -0.4 is 4.90 Å². The zero-order chi connectivity index (χ0) is 23.8. The summed E-state index contributed by atoms with van der Waals surface area (Å²) in [6.07, 6.45) is 1.17. The normalized spacial score (nSPS) is 18.5. The fourth-order valence-corrected chi connectivity index (χ4v) is 7.27. The molecule has 178 valence electrons. The fraction of sp³-hybridized carbons (Fsp3) is 0.500. The van der Waals surface area contributed by atoms with Gasteiger partial charge in [0.2, 0.25) is 15.9 Å². The molecule has 0 aromatic heterocycles. The van der Waals surface area contributed by atoms with Gasteiger partial charge in [-0.2, -0.15) is 4.31 Å². The third-order valence-electron chi connectivity index (χ3n) is 7.05. The minimum atomic E-state index is -3.55. The van der Waals surface area contributed by atoms with E-state index in [2.05, 4.69) is 30.0 Å². The molecule has 0 radical (unpaired) electrons. The third kappa shape index (κ3) is 4.80. The molecule has 7 heteroatoms. The number of sulfonamides is 1. The summed E-state index contributed by atoms with van der Waals surface area (Å²) < 4.78 is 28.3. The number of para-hydroxylation sites is 1. The van der Waals surface area contributed by atoms with Crippen LogP contribution in [0.25, 0.3) is 0 Å². The Morgan fingerprint density at radius 1 is 0.818 bits per heavy atom. The molecule has 0 saturated carbocycles. The molecule has 33 heavy (non-hydrogen) atoms. The molecule has 2 heterocycles. The summed E-state index contributed by atoms with van der Waals surface area (Å²) in [7, 11) is -3.55. The first kappa shape index (κ1) is 23.8. The van der Waals surface area contributed by atoms with E-state index in [4.69, 9.17) is 0 Å². The van der Waals surface area contributed by atoms with Gasteiger partial charge in [0.05, 0.1) is 4.90 Å². The van der Waals surface area contributed by atoms with Gasteiger partial charge in [-0.3, -0.25) is 4.79 Å². The van der Waals surface area contributed by atoms with Crippen molar-refractivity contribution in [3.05, 3.63) is 58.7 Å². The summed E-state index contributed by atoms with van der Waals surface area (Å²) in [5.74, 6) is 0.0841. The zero-order valence-corrected chi connectivity index (χ0v) is 21.0. The van der Waals surface area contributed by atoms with Crippen LogP contribution in [0.15, 0.2) is 41.3 Å². The van der Waals surface area contributed by atoms with Crippen LogP contribution in [-0.4, -0.2) is 62.8 Å². The number of carbonyl (C=O) groups is 1. The van der Waals surface area contributed by atoms with E-state index in [-0.39, 0.29) is 11.8 Å². The van der Waals surface area contributed by atoms with Crippen LogP contribution in [0.4, 0.5) is 5.69 Å². The Hall–Kier alpha value is -2.38. The summed E-state index contributed by atoms with van der Waals surface area (Å²) in [6, 6.07) is 12.2. The minimum absolute atomic E-state index is 0.0957. The van der Waals surface area contributed by atoms with E-state index >= 15 is 0 Å². The summed E-state index contributed by atoms with van der Waals surface area (Å²) in [5.41, 5.74) is 5.14. The molecular weight excluding hydrogens is 434 g/mol. The highest BCUT2D eigenvalue weighted by Crippen LogP contribution is 2.30. The van der Waals surface area contributed by atoms with Crippen LogP contribution in [-0.2, 0) is 14.8 Å². The number of aryl methyl sites for hydroxylation is 4. The van der Waals surface area contributed by atoms with Gasteiger partial charge < -0.3 is 9.80 Å². The molecule has 0 bridgehead atoms. The van der Waals surface area contributed by atoms with Gasteiger partial charge in [0, 0.05) is 50.9 Å². The molecule has 1 amide bonds. The lowest BCUT2D eigenvalue weighted by Crippen LogP contribution is -2.52. The number of rotatable bonds is 4. The second-order valence-corrected chi connectivity index (χ2v) is 11.4. The van der Waals surface area contributed by atoms with Gasteiger partial charge in [-0.05, 0) is 63.3 Å². The molecule has 2 aromatic carbocycles. The molecule has 2 fully saturated rings. The van der Waals surface area contributed by atoms with Gasteiger partial charge >= 0.3 is 0 Å². The second-order valence-electron chi connectivity index (χ2n) is 9.51. The number of carbonyl (C=O) groups excluding carboxylic acids is 1. The molecule has 6 nitrogen and oxygen atoms in total. The maximum atomic E-state index is 13.3. The maximum absolute atomic E-state index is 13.3. The van der Waals surface area contributed by atoms with Crippen LogP contribution in [0.2, 0.25) is 0 Å². The van der Waals surface area contributed by atoms with Gasteiger partial charge in [-0.1, -0.05) is 35.9 Å². The lowest BCUT2D eigenvalue weighted by Gasteiger charge is -2.39. The molecule has 2 aromatic rings. The first-order valence-electron chi connectivity index (χ1n) is 11.9. The SMILES string of the molecule is Cc1cc(C)c(S(=O)(=O)N2CCC(C(=O)N3CCN(c4ccccc4C)CC3)CC2)c(C)c1. The first-order chi connectivity index (χ1) is 15.7. The zero-order valence-electron chi connectivity index (χ0n) is 20.2. The highest BCUT2D eigenvalue weighted by atomic mass is 32.2. The van der Waals surface area contributed by atoms with E-state index in [1.54, 1.807) is 4.31 Å². The van der Waals surface area contributed by atoms with Crippen LogP contribution in [0.1, 0.15) is 35.1 Å². The van der Waals surface area contributed by atoms with E-state index < -0.39 is 10.0 Å². The van der Waals surface area contributed by atoms with Gasteiger partial charge in [0.25, 0.3) is 0 Å². The first-order valence-corrected chi connectivity index (χ1v) is 13.3. The van der Waals surface area contributed by atoms with Crippen molar-refractivity contribution in [2.24, 2.45) is 5.92 Å². The lowest BCUT2D eigenvalue weighted by molar-refractivity contribution is -0.137. The smallest absolute Gasteiger partial charge is 0.243 e. The standard InChI is InChI=1S/C26H35N3O3S/c1-19-17-21(3)25(22(4)18-19)33(31,32)29-11-9-23(10-12-29)26(30)28-15-13-27(14-16-28)24-8-6-5-7-20(24)2/h5-8,17-18,23H,9-16H2,1-4H3. The van der Waals surface area contributed by atoms with Crippen molar-refractivity contribution in [3.8, 4) is 0 Å². The van der Waals surface area contributed by atoms with E-state index in [9.17, 15) is 13.2 Å². The largest absolute Gasteiger partial charge is 0.368 e. The Morgan fingerprint density at radius 3 is 1.97 bits per heavy atom. The van der Waals surface area contributed by atoms with Crippen molar-refractivity contribution < 1.29 is 13.2 Å². The maximum Gasteiger partial charge on any atom is 0.243 e. The Kier molecular flexibility index (Phi) is 6.82. The monoisotopic (exact) mass is 469 g/mol. The van der Waals surface area contributed by atoms with Gasteiger partial charge in [-0.15, -0.1) is 0 Å². The average molecular weight is 470 g/mol. The van der Waals surface area contributed by atoms with Gasteiger partial charge in [0.15, 0.2) is 0 Å². The number of amides is 1. The number of hydrogen-bond acceptors (Lipinski definition) is 4. The summed E-state index contributed by atoms with van der Waals surface area (Å²) in [5, 5.41) is 0.